The predicted octanol–water partition coefficient (Wildman–Crippen LogP) is 5.96. The summed E-state index contributed by atoms with van der Waals surface area (Å²) in [5.41, 5.74) is 0. The molecule has 0 aromatic rings. The van der Waals surface area contributed by atoms with Gasteiger partial charge in [-0.25, -0.2) is 0 Å². The lowest BCUT2D eigenvalue weighted by molar-refractivity contribution is 0.194. The van der Waals surface area contributed by atoms with Gasteiger partial charge >= 0.3 is 8.60 Å². The van der Waals surface area contributed by atoms with Gasteiger partial charge < -0.3 is 13.9 Å². The first-order chi connectivity index (χ1) is 10.3. The lowest BCUT2D eigenvalue weighted by Crippen LogP contribution is -1.95. The number of hydrogen-bond donors (Lipinski definition) is 1. The van der Waals surface area contributed by atoms with Gasteiger partial charge in [-0.1, -0.05) is 78.1 Å². The van der Waals surface area contributed by atoms with Gasteiger partial charge in [0.2, 0.25) is 1.43 Å². The second kappa shape index (κ2) is 17.4. The summed E-state index contributed by atoms with van der Waals surface area (Å²) in [6, 6.07) is 0. The van der Waals surface area contributed by atoms with Crippen LogP contribution in [-0.4, -0.2) is 19.5 Å². The highest BCUT2D eigenvalue weighted by Gasteiger charge is 2.05. The van der Waals surface area contributed by atoms with E-state index in [-0.39, 0.29) is 0 Å². The molecule has 0 aromatic carbocycles. The molecule has 3 nitrogen and oxygen atoms in total. The third-order valence-electron chi connectivity index (χ3n) is 3.39. The fourth-order valence-corrected chi connectivity index (χ4v) is 2.71. The maximum Gasteiger partial charge on any atom is 0.329 e. The van der Waals surface area contributed by atoms with Crippen molar-refractivity contribution in [3.8, 4) is 0 Å². The number of unbranched alkanes of at least 4 members (excludes halogenated alkanes) is 10. The van der Waals surface area contributed by atoms with Crippen molar-refractivity contribution in [2.75, 3.05) is 13.2 Å². The predicted molar refractivity (Wildman–Crippen MR) is 87.8 cm³/mol. The van der Waals surface area contributed by atoms with Crippen molar-refractivity contribution in [3.05, 3.63) is 0 Å². The highest BCUT2D eigenvalue weighted by molar-refractivity contribution is 7.40. The zero-order valence-electron chi connectivity index (χ0n) is 14.6. The van der Waals surface area contributed by atoms with Crippen LogP contribution in [0.2, 0.25) is 0 Å². The minimum Gasteiger partial charge on any atom is -0.328 e. The maximum absolute atomic E-state index is 6.98. The molecule has 0 aromatic heterocycles. The Kier molecular flexibility index (Phi) is 15.9. The molecule has 0 heterocycles. The van der Waals surface area contributed by atoms with Gasteiger partial charge in [0.15, 0.2) is 0 Å². The number of rotatable bonds is 17. The van der Waals surface area contributed by atoms with Gasteiger partial charge in [-0.3, -0.25) is 0 Å². The lowest BCUT2D eigenvalue weighted by Gasteiger charge is -2.10. The van der Waals surface area contributed by atoms with Gasteiger partial charge in [0.25, 0.3) is 0 Å². The van der Waals surface area contributed by atoms with Gasteiger partial charge in [0.1, 0.15) is 0 Å². The van der Waals surface area contributed by atoms with E-state index in [4.69, 9.17) is 10.5 Å². The fraction of sp³-hybridized carbons (Fsp3) is 1.00. The molecule has 0 aliphatic rings. The Bertz CT molecular complexity index is 178. The molecular weight excluding hydrogens is 271 g/mol. The summed E-state index contributed by atoms with van der Waals surface area (Å²) in [4.78, 5) is 4.51. The first kappa shape index (κ1) is 18.4. The Balaban J connectivity index is 3.29. The van der Waals surface area contributed by atoms with Crippen LogP contribution in [-0.2, 0) is 9.05 Å². The van der Waals surface area contributed by atoms with Crippen LogP contribution in [0.5, 0.6) is 0 Å². The summed E-state index contributed by atoms with van der Waals surface area (Å²) >= 11 is 0. The summed E-state index contributed by atoms with van der Waals surface area (Å²) in [6.45, 7) is 5.74. The van der Waals surface area contributed by atoms with Crippen molar-refractivity contribution >= 4 is 8.60 Å². The van der Waals surface area contributed by atoms with Crippen LogP contribution in [0.1, 0.15) is 90.9 Å². The maximum atomic E-state index is 6.98. The Morgan fingerprint density at radius 2 is 1.10 bits per heavy atom. The average Bonchev–Trinajstić information content (AvgIpc) is 2.51. The van der Waals surface area contributed by atoms with E-state index in [1.165, 1.54) is 64.2 Å². The van der Waals surface area contributed by atoms with E-state index in [0.717, 1.165) is 12.8 Å². The highest BCUT2D eigenvalue weighted by Crippen LogP contribution is 2.33. The Morgan fingerprint density at radius 3 is 1.50 bits per heavy atom. The Hall–Kier alpha value is 0.310. The summed E-state index contributed by atoms with van der Waals surface area (Å²) in [5.74, 6) is 0. The van der Waals surface area contributed by atoms with Gasteiger partial charge in [-0.15, -0.1) is 0 Å². The first-order valence-electron chi connectivity index (χ1n) is 8.95. The summed E-state index contributed by atoms with van der Waals surface area (Å²) < 4.78 is 17.9. The molecule has 20 heavy (non-hydrogen) atoms. The van der Waals surface area contributed by atoms with Gasteiger partial charge in [-0.2, -0.15) is 0 Å². The monoisotopic (exact) mass is 308 g/mol. The highest BCUT2D eigenvalue weighted by atomic mass is 31.2. The average molecular weight is 308 g/mol. The zero-order valence-corrected chi connectivity index (χ0v) is 14.5. The van der Waals surface area contributed by atoms with Crippen LogP contribution in [0.3, 0.4) is 0 Å². The smallest absolute Gasteiger partial charge is 0.328 e. The molecular formula is C16H35O3P. The molecule has 0 amide bonds. The molecule has 0 saturated heterocycles. The van der Waals surface area contributed by atoms with E-state index in [1.807, 2.05) is 0 Å². The van der Waals surface area contributed by atoms with E-state index in [0.29, 0.717) is 13.2 Å². The zero-order chi connectivity index (χ0) is 15.6. The van der Waals surface area contributed by atoms with Crippen LogP contribution < -0.4 is 0 Å². The normalized spacial score (nSPS) is 12.1. The van der Waals surface area contributed by atoms with Crippen LogP contribution in [0.15, 0.2) is 0 Å². The van der Waals surface area contributed by atoms with Crippen molar-refractivity contribution in [1.29, 1.82) is 1.43 Å². The number of hydrogen-bond acceptors (Lipinski definition) is 3. The summed E-state index contributed by atoms with van der Waals surface area (Å²) in [6.07, 6.45) is 14.8. The Labute approximate surface area is 128 Å². The van der Waals surface area contributed by atoms with Gasteiger partial charge in [-0.05, 0) is 12.8 Å². The van der Waals surface area contributed by atoms with E-state index in [2.05, 4.69) is 18.7 Å². The largest absolute Gasteiger partial charge is 0.329 e. The molecule has 4 heteroatoms. The standard InChI is InChI=1S/C16H35O3P/c1-3-5-7-9-11-13-15-18-20(17)19-16-14-12-10-8-6-4-2/h17H,3-16H2,1-2H3/i17T. The molecule has 0 radical (unpaired) electrons. The summed E-state index contributed by atoms with van der Waals surface area (Å²) in [7, 11) is -1.45. The van der Waals surface area contributed by atoms with E-state index in [9.17, 15) is 0 Å². The molecule has 0 atom stereocenters. The molecule has 0 aliphatic carbocycles. The molecule has 0 saturated carbocycles. The second-order valence-electron chi connectivity index (χ2n) is 5.43. The van der Waals surface area contributed by atoms with Gasteiger partial charge in [0, 0.05) is 0 Å². The molecule has 122 valence electrons. The quantitative estimate of drug-likeness (QED) is 0.266. The van der Waals surface area contributed by atoms with Crippen LogP contribution in [0.4, 0.5) is 0 Å². The topological polar surface area (TPSA) is 38.7 Å². The molecule has 0 fully saturated rings. The van der Waals surface area contributed by atoms with Crippen molar-refractivity contribution in [1.82, 2.24) is 0 Å². The van der Waals surface area contributed by atoms with E-state index in [1.54, 1.807) is 0 Å². The first-order valence-corrected chi connectivity index (χ1v) is 9.63. The molecule has 1 N–H and O–H groups in total. The molecule has 0 aliphatic heterocycles. The van der Waals surface area contributed by atoms with Crippen molar-refractivity contribution < 1.29 is 13.9 Å². The molecule has 0 rings (SSSR count). The molecule has 0 bridgehead atoms. The van der Waals surface area contributed by atoms with Gasteiger partial charge in [0.05, 0.1) is 13.2 Å². The molecule has 0 unspecified atom stereocenters. The SMILES string of the molecule is [3H]OP(OCCCCCCCC)OCCCCCCCC. The van der Waals surface area contributed by atoms with Crippen LogP contribution >= 0.6 is 8.60 Å². The van der Waals surface area contributed by atoms with Crippen LogP contribution in [0, 0.1) is 0 Å². The fourth-order valence-electron chi connectivity index (χ4n) is 2.08. The minimum atomic E-state index is -1.45. The van der Waals surface area contributed by atoms with Crippen molar-refractivity contribution in [2.45, 2.75) is 90.9 Å². The minimum absolute atomic E-state index is 0.646. The van der Waals surface area contributed by atoms with Crippen molar-refractivity contribution in [3.63, 3.8) is 0 Å². The van der Waals surface area contributed by atoms with Crippen molar-refractivity contribution in [2.24, 2.45) is 0 Å². The third kappa shape index (κ3) is 16.4. The molecule has 0 spiro atoms. The second-order valence-corrected chi connectivity index (χ2v) is 6.39. The van der Waals surface area contributed by atoms with Crippen LogP contribution in [0.25, 0.3) is 0 Å². The third-order valence-corrected chi connectivity index (χ3v) is 4.18. The summed E-state index contributed by atoms with van der Waals surface area (Å²) in [5, 5.41) is 0. The van der Waals surface area contributed by atoms with E-state index >= 15 is 0 Å². The van der Waals surface area contributed by atoms with E-state index < -0.39 is 8.60 Å². The Morgan fingerprint density at radius 1 is 0.700 bits per heavy atom. The lowest BCUT2D eigenvalue weighted by atomic mass is 10.1.